The molecular weight excluding hydrogens is 386 g/mol. The monoisotopic (exact) mass is 407 g/mol. The zero-order valence-electron chi connectivity index (χ0n) is 15.2. The number of aryl methyl sites for hydroxylation is 2. The molecule has 1 aliphatic heterocycles. The number of rotatable bonds is 5. The highest BCUT2D eigenvalue weighted by molar-refractivity contribution is 7.89. The Morgan fingerprint density at radius 3 is 2.89 bits per heavy atom. The molecule has 0 aliphatic carbocycles. The Morgan fingerprint density at radius 1 is 1.33 bits per heavy atom. The van der Waals surface area contributed by atoms with Crippen LogP contribution in [0.25, 0.3) is 10.8 Å². The SMILES string of the molecule is CCn1cc(S(=O)(=O)N2CCCC[C@H]2c2nnc(-c3cccs3)o2)c(C)n1. The second-order valence-electron chi connectivity index (χ2n) is 6.48. The van der Waals surface area contributed by atoms with E-state index in [4.69, 9.17) is 4.42 Å². The molecule has 1 aliphatic rings. The number of piperidine rings is 1. The van der Waals surface area contributed by atoms with Gasteiger partial charge < -0.3 is 4.42 Å². The first kappa shape index (κ1) is 18.3. The van der Waals surface area contributed by atoms with Gasteiger partial charge in [-0.1, -0.05) is 12.5 Å². The number of hydrogen-bond acceptors (Lipinski definition) is 7. The molecule has 0 bridgehead atoms. The average Bonchev–Trinajstić information content (AvgIpc) is 3.41. The lowest BCUT2D eigenvalue weighted by molar-refractivity contribution is 0.220. The standard InChI is InChI=1S/C17H21N5O3S2/c1-3-21-11-15(12(2)20-21)27(23,24)22-9-5-4-7-13(22)16-18-19-17(25-16)14-8-6-10-26-14/h6,8,10-11,13H,3-5,7,9H2,1-2H3/t13-/m0/s1. The van der Waals surface area contributed by atoms with Gasteiger partial charge in [0, 0.05) is 19.3 Å². The van der Waals surface area contributed by atoms with E-state index in [0.717, 1.165) is 17.7 Å². The van der Waals surface area contributed by atoms with Gasteiger partial charge in [-0.05, 0) is 38.1 Å². The molecule has 1 fully saturated rings. The maximum absolute atomic E-state index is 13.3. The zero-order chi connectivity index (χ0) is 19.0. The van der Waals surface area contributed by atoms with Crippen molar-refractivity contribution in [3.8, 4) is 10.8 Å². The minimum Gasteiger partial charge on any atom is -0.418 e. The topological polar surface area (TPSA) is 94.1 Å². The second-order valence-corrected chi connectivity index (χ2v) is 9.29. The van der Waals surface area contributed by atoms with Gasteiger partial charge in [-0.2, -0.15) is 9.40 Å². The van der Waals surface area contributed by atoms with E-state index >= 15 is 0 Å². The van der Waals surface area contributed by atoms with Gasteiger partial charge in [0.1, 0.15) is 10.9 Å². The highest BCUT2D eigenvalue weighted by Gasteiger charge is 2.39. The molecule has 1 atom stereocenters. The molecule has 27 heavy (non-hydrogen) atoms. The molecule has 0 spiro atoms. The van der Waals surface area contributed by atoms with Crippen LogP contribution in [0.15, 0.2) is 33.0 Å². The van der Waals surface area contributed by atoms with Crippen molar-refractivity contribution in [1.29, 1.82) is 0 Å². The minimum atomic E-state index is -3.70. The molecule has 144 valence electrons. The van der Waals surface area contributed by atoms with Crippen molar-refractivity contribution in [3.63, 3.8) is 0 Å². The van der Waals surface area contributed by atoms with E-state index in [1.807, 2.05) is 24.4 Å². The van der Waals surface area contributed by atoms with Crippen molar-refractivity contribution in [3.05, 3.63) is 35.3 Å². The van der Waals surface area contributed by atoms with Gasteiger partial charge in [0.15, 0.2) is 0 Å². The molecule has 8 nitrogen and oxygen atoms in total. The number of thiophene rings is 1. The summed E-state index contributed by atoms with van der Waals surface area (Å²) in [5.74, 6) is 0.778. The summed E-state index contributed by atoms with van der Waals surface area (Å²) in [5, 5.41) is 14.5. The lowest BCUT2D eigenvalue weighted by atomic mass is 10.1. The highest BCUT2D eigenvalue weighted by Crippen LogP contribution is 2.36. The maximum Gasteiger partial charge on any atom is 0.257 e. The summed E-state index contributed by atoms with van der Waals surface area (Å²) in [5.41, 5.74) is 0.506. The van der Waals surface area contributed by atoms with Crippen LogP contribution in [0.4, 0.5) is 0 Å². The summed E-state index contributed by atoms with van der Waals surface area (Å²) in [6.07, 6.45) is 3.98. The van der Waals surface area contributed by atoms with E-state index < -0.39 is 16.1 Å². The van der Waals surface area contributed by atoms with Gasteiger partial charge >= 0.3 is 0 Å². The van der Waals surface area contributed by atoms with Crippen LogP contribution in [0.3, 0.4) is 0 Å². The van der Waals surface area contributed by atoms with E-state index in [1.165, 1.54) is 15.6 Å². The van der Waals surface area contributed by atoms with Gasteiger partial charge in [-0.25, -0.2) is 8.42 Å². The van der Waals surface area contributed by atoms with Crippen molar-refractivity contribution >= 4 is 21.4 Å². The minimum absolute atomic E-state index is 0.245. The van der Waals surface area contributed by atoms with E-state index in [9.17, 15) is 8.42 Å². The number of sulfonamides is 1. The van der Waals surface area contributed by atoms with Crippen LogP contribution in [0.1, 0.15) is 43.8 Å². The van der Waals surface area contributed by atoms with Crippen LogP contribution in [0.2, 0.25) is 0 Å². The largest absolute Gasteiger partial charge is 0.418 e. The van der Waals surface area contributed by atoms with Crippen molar-refractivity contribution < 1.29 is 12.8 Å². The molecule has 3 aromatic rings. The Bertz CT molecular complexity index is 1020. The molecule has 0 saturated carbocycles. The van der Waals surface area contributed by atoms with Gasteiger partial charge in [-0.15, -0.1) is 21.5 Å². The Hall–Kier alpha value is -2.04. The molecule has 0 radical (unpaired) electrons. The van der Waals surface area contributed by atoms with Crippen LogP contribution in [0, 0.1) is 6.92 Å². The molecule has 10 heteroatoms. The Morgan fingerprint density at radius 2 is 2.19 bits per heavy atom. The molecule has 0 aromatic carbocycles. The van der Waals surface area contributed by atoms with Gasteiger partial charge in [0.25, 0.3) is 5.89 Å². The molecule has 4 rings (SSSR count). The van der Waals surface area contributed by atoms with Crippen molar-refractivity contribution in [2.45, 2.75) is 50.6 Å². The number of aromatic nitrogens is 4. The van der Waals surface area contributed by atoms with Gasteiger partial charge in [0.2, 0.25) is 15.9 Å². The summed E-state index contributed by atoms with van der Waals surface area (Å²) in [6, 6.07) is 3.37. The number of nitrogens with zero attached hydrogens (tertiary/aromatic N) is 5. The van der Waals surface area contributed by atoms with Crippen molar-refractivity contribution in [1.82, 2.24) is 24.3 Å². The fourth-order valence-corrected chi connectivity index (χ4v) is 5.82. The van der Waals surface area contributed by atoms with Gasteiger partial charge in [-0.3, -0.25) is 4.68 Å². The van der Waals surface area contributed by atoms with Crippen molar-refractivity contribution in [2.75, 3.05) is 6.54 Å². The van der Waals surface area contributed by atoms with Crippen LogP contribution < -0.4 is 0 Å². The zero-order valence-corrected chi connectivity index (χ0v) is 16.8. The number of hydrogen-bond donors (Lipinski definition) is 0. The van der Waals surface area contributed by atoms with Crippen molar-refractivity contribution in [2.24, 2.45) is 0 Å². The smallest absolute Gasteiger partial charge is 0.257 e. The predicted molar refractivity (Wildman–Crippen MR) is 101 cm³/mol. The fourth-order valence-electron chi connectivity index (χ4n) is 3.35. The first-order chi connectivity index (χ1) is 13.0. The summed E-state index contributed by atoms with van der Waals surface area (Å²) >= 11 is 1.51. The molecule has 3 aromatic heterocycles. The van der Waals surface area contributed by atoms with Crippen LogP contribution >= 0.6 is 11.3 Å². The second kappa shape index (κ2) is 7.17. The average molecular weight is 408 g/mol. The third-order valence-corrected chi connectivity index (χ3v) is 7.59. The highest BCUT2D eigenvalue weighted by atomic mass is 32.2. The fraction of sp³-hybridized carbons (Fsp3) is 0.471. The summed E-state index contributed by atoms with van der Waals surface area (Å²) < 4.78 is 35.7. The van der Waals surface area contributed by atoms with Crippen LogP contribution in [-0.4, -0.2) is 39.2 Å². The van der Waals surface area contributed by atoms with Crippen LogP contribution in [-0.2, 0) is 16.6 Å². The molecule has 0 N–H and O–H groups in total. The normalized spacial score (nSPS) is 18.8. The van der Waals surface area contributed by atoms with E-state index in [2.05, 4.69) is 15.3 Å². The molecule has 0 amide bonds. The first-order valence-corrected chi connectivity index (χ1v) is 11.3. The molecular formula is C17H21N5O3S2. The third kappa shape index (κ3) is 3.32. The lowest BCUT2D eigenvalue weighted by Crippen LogP contribution is -2.38. The summed E-state index contributed by atoms with van der Waals surface area (Å²) in [7, 11) is -3.70. The quantitative estimate of drug-likeness (QED) is 0.644. The summed E-state index contributed by atoms with van der Waals surface area (Å²) in [6.45, 7) is 4.70. The predicted octanol–water partition coefficient (Wildman–Crippen LogP) is 3.24. The van der Waals surface area contributed by atoms with E-state index in [1.54, 1.807) is 17.8 Å². The Kier molecular flexibility index (Phi) is 4.87. The summed E-state index contributed by atoms with van der Waals surface area (Å²) in [4.78, 5) is 1.12. The Balaban J connectivity index is 1.69. The molecule has 1 saturated heterocycles. The van der Waals surface area contributed by atoms with E-state index in [-0.39, 0.29) is 4.90 Å². The Labute approximate surface area is 161 Å². The molecule has 4 heterocycles. The van der Waals surface area contributed by atoms with Crippen LogP contribution in [0.5, 0.6) is 0 Å². The van der Waals surface area contributed by atoms with Gasteiger partial charge in [0.05, 0.1) is 10.6 Å². The first-order valence-electron chi connectivity index (χ1n) is 8.94. The third-order valence-electron chi connectivity index (χ3n) is 4.72. The van der Waals surface area contributed by atoms with E-state index in [0.29, 0.717) is 37.0 Å². The lowest BCUT2D eigenvalue weighted by Gasteiger charge is -2.32. The molecule has 0 unspecified atom stereocenters. The maximum atomic E-state index is 13.3.